The first kappa shape index (κ1) is 8.23. The molecule has 2 N–H and O–H groups in total. The van der Waals surface area contributed by atoms with Gasteiger partial charge in [0.25, 0.3) is 0 Å². The highest BCUT2D eigenvalue weighted by Crippen LogP contribution is 2.70. The molecule has 2 bridgehead atoms. The maximum Gasteiger partial charge on any atom is 0.339 e. The van der Waals surface area contributed by atoms with Gasteiger partial charge in [-0.05, 0) is 25.2 Å². The second kappa shape index (κ2) is 1.95. The van der Waals surface area contributed by atoms with Crippen molar-refractivity contribution >= 4 is 11.9 Å². The molecule has 0 radical (unpaired) electrons. The van der Waals surface area contributed by atoms with Crippen LogP contribution in [-0.2, 0) is 14.3 Å². The van der Waals surface area contributed by atoms with E-state index in [-0.39, 0.29) is 12.0 Å². The summed E-state index contributed by atoms with van der Waals surface area (Å²) in [5.74, 6) is -1.98. The highest BCUT2D eigenvalue weighted by molar-refractivity contribution is 5.93. The van der Waals surface area contributed by atoms with Gasteiger partial charge in [0.05, 0.1) is 0 Å². The summed E-state index contributed by atoms with van der Waals surface area (Å²) in [4.78, 5) is 22.3. The number of carboxylic acids is 2. The molecule has 76 valence electrons. The highest BCUT2D eigenvalue weighted by Gasteiger charge is 2.86. The Hall–Kier alpha value is -1.10. The molecule has 14 heavy (non-hydrogen) atoms. The summed E-state index contributed by atoms with van der Waals surface area (Å²) in [6, 6.07) is 0. The zero-order valence-electron chi connectivity index (χ0n) is 7.40. The van der Waals surface area contributed by atoms with Gasteiger partial charge in [0.2, 0.25) is 5.60 Å². The second-order valence-electron chi connectivity index (χ2n) is 4.47. The van der Waals surface area contributed by atoms with E-state index in [0.717, 1.165) is 6.42 Å². The van der Waals surface area contributed by atoms with E-state index in [1.54, 1.807) is 0 Å². The molecule has 3 fully saturated rings. The summed E-state index contributed by atoms with van der Waals surface area (Å²) >= 11 is 0. The lowest BCUT2D eigenvalue weighted by Gasteiger charge is -2.26. The lowest BCUT2D eigenvalue weighted by Crippen LogP contribution is -2.48. The first-order valence-corrected chi connectivity index (χ1v) is 4.69. The maximum absolute atomic E-state index is 11.2. The molecule has 5 heteroatoms. The van der Waals surface area contributed by atoms with E-state index in [2.05, 4.69) is 0 Å². The van der Waals surface area contributed by atoms with E-state index in [4.69, 9.17) is 14.9 Å². The Morgan fingerprint density at radius 2 is 2.00 bits per heavy atom. The Kier molecular flexibility index (Phi) is 1.15. The smallest absolute Gasteiger partial charge is 0.339 e. The number of carbonyl (C=O) groups is 2. The zero-order valence-corrected chi connectivity index (χ0v) is 7.40. The zero-order chi connectivity index (χ0) is 10.1. The molecule has 0 amide bonds. The number of fused-ring (bicyclic) bond motifs is 5. The first-order valence-electron chi connectivity index (χ1n) is 4.69. The fraction of sp³-hybridized carbons (Fsp3) is 0.778. The van der Waals surface area contributed by atoms with E-state index in [1.807, 2.05) is 0 Å². The van der Waals surface area contributed by atoms with Gasteiger partial charge in [0.15, 0.2) is 0 Å². The molecule has 0 aromatic carbocycles. The van der Waals surface area contributed by atoms with Gasteiger partial charge in [-0.1, -0.05) is 0 Å². The molecule has 4 atom stereocenters. The predicted molar refractivity (Wildman–Crippen MR) is 42.6 cm³/mol. The molecule has 4 unspecified atom stereocenters. The lowest BCUT2D eigenvalue weighted by atomic mass is 9.74. The van der Waals surface area contributed by atoms with Crippen molar-refractivity contribution < 1.29 is 24.5 Å². The molecule has 1 saturated heterocycles. The van der Waals surface area contributed by atoms with Crippen molar-refractivity contribution in [3.8, 4) is 0 Å². The SMILES string of the molecule is O=C(O)C12CCC(C1)C1OC12C(=O)O. The van der Waals surface area contributed by atoms with Crippen molar-refractivity contribution in [2.24, 2.45) is 11.3 Å². The molecular weight excluding hydrogens is 188 g/mol. The summed E-state index contributed by atoms with van der Waals surface area (Å²) in [5.41, 5.74) is -2.53. The quantitative estimate of drug-likeness (QED) is 0.614. The number of hydrogen-bond acceptors (Lipinski definition) is 3. The van der Waals surface area contributed by atoms with Crippen LogP contribution in [0.3, 0.4) is 0 Å². The fourth-order valence-electron chi connectivity index (χ4n) is 3.39. The van der Waals surface area contributed by atoms with Gasteiger partial charge in [-0.3, -0.25) is 4.79 Å². The number of epoxide rings is 1. The number of rotatable bonds is 2. The van der Waals surface area contributed by atoms with Crippen LogP contribution in [0.25, 0.3) is 0 Å². The molecule has 1 aliphatic heterocycles. The van der Waals surface area contributed by atoms with Crippen molar-refractivity contribution in [3.05, 3.63) is 0 Å². The van der Waals surface area contributed by atoms with Gasteiger partial charge in [0.1, 0.15) is 11.5 Å². The Morgan fingerprint density at radius 3 is 2.50 bits per heavy atom. The number of ether oxygens (including phenoxy) is 1. The molecule has 0 spiro atoms. The molecular formula is C9H10O5. The van der Waals surface area contributed by atoms with Crippen LogP contribution in [0.15, 0.2) is 0 Å². The van der Waals surface area contributed by atoms with Crippen LogP contribution in [0.5, 0.6) is 0 Å². The topological polar surface area (TPSA) is 87.1 Å². The first-order chi connectivity index (χ1) is 6.54. The molecule has 2 aliphatic carbocycles. The number of aliphatic carboxylic acids is 2. The molecule has 2 saturated carbocycles. The average Bonchev–Trinajstić information content (AvgIpc) is 2.68. The third-order valence-corrected chi connectivity index (χ3v) is 4.08. The standard InChI is InChI=1S/C9H10O5/c10-6(11)8-2-1-4(3-8)5-9(8,14-5)7(12)13/h4-5H,1-3H2,(H,10,11)(H,12,13). The van der Waals surface area contributed by atoms with Crippen molar-refractivity contribution in [2.75, 3.05) is 0 Å². The van der Waals surface area contributed by atoms with Crippen molar-refractivity contribution in [1.82, 2.24) is 0 Å². The minimum Gasteiger partial charge on any atom is -0.481 e. The van der Waals surface area contributed by atoms with Gasteiger partial charge in [0, 0.05) is 0 Å². The summed E-state index contributed by atoms with van der Waals surface area (Å²) < 4.78 is 5.17. The minimum atomic E-state index is -1.39. The van der Waals surface area contributed by atoms with Crippen LogP contribution in [0, 0.1) is 11.3 Å². The normalized spacial score (nSPS) is 52.9. The van der Waals surface area contributed by atoms with E-state index < -0.39 is 23.0 Å². The van der Waals surface area contributed by atoms with Crippen LogP contribution in [0.1, 0.15) is 19.3 Å². The van der Waals surface area contributed by atoms with E-state index in [9.17, 15) is 9.59 Å². The van der Waals surface area contributed by atoms with Gasteiger partial charge < -0.3 is 14.9 Å². The number of hydrogen-bond donors (Lipinski definition) is 2. The lowest BCUT2D eigenvalue weighted by molar-refractivity contribution is -0.164. The molecule has 0 aromatic rings. The van der Waals surface area contributed by atoms with E-state index >= 15 is 0 Å². The Balaban J connectivity index is 2.11. The molecule has 3 aliphatic rings. The summed E-state index contributed by atoms with van der Waals surface area (Å²) in [5, 5.41) is 18.2. The number of carboxylic acid groups (broad SMARTS) is 2. The Morgan fingerprint density at radius 1 is 1.29 bits per heavy atom. The summed E-state index contributed by atoms with van der Waals surface area (Å²) in [7, 11) is 0. The largest absolute Gasteiger partial charge is 0.481 e. The van der Waals surface area contributed by atoms with Gasteiger partial charge in [-0.2, -0.15) is 0 Å². The van der Waals surface area contributed by atoms with E-state index in [0.29, 0.717) is 12.8 Å². The van der Waals surface area contributed by atoms with Crippen LogP contribution in [-0.4, -0.2) is 33.9 Å². The van der Waals surface area contributed by atoms with Crippen molar-refractivity contribution in [3.63, 3.8) is 0 Å². The summed E-state index contributed by atoms with van der Waals surface area (Å²) in [6.07, 6.45) is 1.35. The predicted octanol–water partition coefficient (Wildman–Crippen LogP) is 0.0933. The van der Waals surface area contributed by atoms with E-state index in [1.165, 1.54) is 0 Å². The van der Waals surface area contributed by atoms with Gasteiger partial charge >= 0.3 is 11.9 Å². The van der Waals surface area contributed by atoms with Crippen LogP contribution in [0.2, 0.25) is 0 Å². The van der Waals surface area contributed by atoms with Crippen LogP contribution >= 0.6 is 0 Å². The molecule has 1 heterocycles. The highest BCUT2D eigenvalue weighted by atomic mass is 16.6. The Labute approximate surface area is 79.7 Å². The Bertz CT molecular complexity index is 351. The second-order valence-corrected chi connectivity index (χ2v) is 4.47. The van der Waals surface area contributed by atoms with Crippen molar-refractivity contribution in [2.45, 2.75) is 31.0 Å². The third kappa shape index (κ3) is 0.554. The fourth-order valence-corrected chi connectivity index (χ4v) is 3.39. The van der Waals surface area contributed by atoms with Crippen LogP contribution in [0.4, 0.5) is 0 Å². The maximum atomic E-state index is 11.2. The van der Waals surface area contributed by atoms with Gasteiger partial charge in [-0.25, -0.2) is 4.79 Å². The van der Waals surface area contributed by atoms with Gasteiger partial charge in [-0.15, -0.1) is 0 Å². The minimum absolute atomic E-state index is 0.141. The van der Waals surface area contributed by atoms with Crippen molar-refractivity contribution in [1.29, 1.82) is 0 Å². The third-order valence-electron chi connectivity index (χ3n) is 4.08. The molecule has 5 nitrogen and oxygen atoms in total. The average molecular weight is 198 g/mol. The summed E-state index contributed by atoms with van der Waals surface area (Å²) in [6.45, 7) is 0. The molecule has 3 rings (SSSR count). The van der Waals surface area contributed by atoms with Crippen LogP contribution < -0.4 is 0 Å². The molecule has 0 aromatic heterocycles. The monoisotopic (exact) mass is 198 g/mol.